The molecule has 0 bridgehead atoms. The predicted molar refractivity (Wildman–Crippen MR) is 74.4 cm³/mol. The van der Waals surface area contributed by atoms with Crippen molar-refractivity contribution < 1.29 is 13.9 Å². The van der Waals surface area contributed by atoms with Gasteiger partial charge in [-0.2, -0.15) is 0 Å². The number of aliphatic hydroxyl groups is 1. The summed E-state index contributed by atoms with van der Waals surface area (Å²) in [6, 6.07) is 13.1. The van der Waals surface area contributed by atoms with Gasteiger partial charge in [-0.15, -0.1) is 0 Å². The fourth-order valence-corrected chi connectivity index (χ4v) is 2.36. The monoisotopic (exact) mass is 320 g/mol. The van der Waals surface area contributed by atoms with Crippen molar-refractivity contribution in [3.8, 4) is 0 Å². The first kappa shape index (κ1) is 12.4. The Kier molecular flexibility index (Phi) is 3.12. The molecule has 0 radical (unpaired) electrons. The number of hydrogen-bond acceptors (Lipinski definition) is 2. The molecule has 0 aliphatic rings. The number of benzene rings is 2. The average molecular weight is 321 g/mol. The first-order valence-electron chi connectivity index (χ1n) is 5.76. The molecule has 4 heteroatoms. The van der Waals surface area contributed by atoms with Crippen molar-refractivity contribution in [2.24, 2.45) is 0 Å². The maximum Gasteiger partial charge on any atom is 0.138 e. The van der Waals surface area contributed by atoms with E-state index in [0.29, 0.717) is 16.9 Å². The summed E-state index contributed by atoms with van der Waals surface area (Å²) < 4.78 is 19.4. The molecule has 3 aromatic rings. The molecule has 1 unspecified atom stereocenters. The van der Waals surface area contributed by atoms with Crippen LogP contribution in [0.25, 0.3) is 11.0 Å². The molecule has 96 valence electrons. The molecule has 19 heavy (non-hydrogen) atoms. The van der Waals surface area contributed by atoms with Crippen molar-refractivity contribution >= 4 is 26.9 Å². The summed E-state index contributed by atoms with van der Waals surface area (Å²) >= 11 is 3.39. The molecule has 0 amide bonds. The second kappa shape index (κ2) is 4.79. The minimum Gasteiger partial charge on any atom is -0.458 e. The maximum absolute atomic E-state index is 12.9. The molecular weight excluding hydrogens is 311 g/mol. The van der Waals surface area contributed by atoms with Crippen LogP contribution in [0.1, 0.15) is 17.4 Å². The lowest BCUT2D eigenvalue weighted by molar-refractivity contribution is 0.192. The fraction of sp³-hybridized carbons (Fsp3) is 0.0667. The number of fused-ring (bicyclic) bond motifs is 1. The van der Waals surface area contributed by atoms with Crippen molar-refractivity contribution in [3.63, 3.8) is 0 Å². The van der Waals surface area contributed by atoms with Gasteiger partial charge in [-0.1, -0.05) is 28.1 Å². The predicted octanol–water partition coefficient (Wildman–Crippen LogP) is 4.42. The van der Waals surface area contributed by atoms with Crippen LogP contribution in [-0.2, 0) is 0 Å². The van der Waals surface area contributed by atoms with Gasteiger partial charge in [-0.25, -0.2) is 4.39 Å². The Morgan fingerprint density at radius 2 is 1.79 bits per heavy atom. The lowest BCUT2D eigenvalue weighted by Gasteiger charge is -2.07. The summed E-state index contributed by atoms with van der Waals surface area (Å²) in [4.78, 5) is 0. The smallest absolute Gasteiger partial charge is 0.138 e. The second-order valence-corrected chi connectivity index (χ2v) is 5.20. The van der Waals surface area contributed by atoms with Crippen LogP contribution < -0.4 is 0 Å². The highest BCUT2D eigenvalue weighted by atomic mass is 79.9. The van der Waals surface area contributed by atoms with Gasteiger partial charge in [0.05, 0.1) is 0 Å². The van der Waals surface area contributed by atoms with E-state index < -0.39 is 6.10 Å². The first-order chi connectivity index (χ1) is 9.13. The van der Waals surface area contributed by atoms with Crippen LogP contribution in [0.2, 0.25) is 0 Å². The summed E-state index contributed by atoms with van der Waals surface area (Å²) in [5.74, 6) is 0.115. The standard InChI is InChI=1S/C15H10BrFO2/c16-11-3-6-13-10(7-11)8-14(19-13)15(18)9-1-4-12(17)5-2-9/h1-8,15,18H. The Labute approximate surface area is 117 Å². The van der Waals surface area contributed by atoms with Gasteiger partial charge in [0, 0.05) is 9.86 Å². The van der Waals surface area contributed by atoms with E-state index in [4.69, 9.17) is 4.42 Å². The van der Waals surface area contributed by atoms with Crippen LogP contribution in [0, 0.1) is 5.82 Å². The van der Waals surface area contributed by atoms with E-state index in [-0.39, 0.29) is 5.82 Å². The van der Waals surface area contributed by atoms with E-state index in [1.165, 1.54) is 12.1 Å². The van der Waals surface area contributed by atoms with Gasteiger partial charge in [0.1, 0.15) is 23.3 Å². The number of rotatable bonds is 2. The zero-order chi connectivity index (χ0) is 13.4. The van der Waals surface area contributed by atoms with Gasteiger partial charge in [0.25, 0.3) is 0 Å². The van der Waals surface area contributed by atoms with Crippen molar-refractivity contribution in [2.75, 3.05) is 0 Å². The molecule has 0 saturated carbocycles. The topological polar surface area (TPSA) is 33.4 Å². The molecule has 2 aromatic carbocycles. The van der Waals surface area contributed by atoms with Gasteiger partial charge < -0.3 is 9.52 Å². The number of halogens is 2. The Morgan fingerprint density at radius 3 is 2.53 bits per heavy atom. The molecule has 0 saturated heterocycles. The highest BCUT2D eigenvalue weighted by Gasteiger charge is 2.15. The fourth-order valence-electron chi connectivity index (χ4n) is 1.98. The summed E-state index contributed by atoms with van der Waals surface area (Å²) in [7, 11) is 0. The zero-order valence-corrected chi connectivity index (χ0v) is 11.4. The number of hydrogen-bond donors (Lipinski definition) is 1. The third kappa shape index (κ3) is 2.41. The van der Waals surface area contributed by atoms with E-state index in [9.17, 15) is 9.50 Å². The summed E-state index contributed by atoms with van der Waals surface area (Å²) in [6.07, 6.45) is -0.897. The summed E-state index contributed by atoms with van der Waals surface area (Å²) in [6.45, 7) is 0. The largest absolute Gasteiger partial charge is 0.458 e. The van der Waals surface area contributed by atoms with Crippen LogP contribution in [0.4, 0.5) is 4.39 Å². The summed E-state index contributed by atoms with van der Waals surface area (Å²) in [5, 5.41) is 11.1. The third-order valence-electron chi connectivity index (χ3n) is 2.95. The maximum atomic E-state index is 12.9. The van der Waals surface area contributed by atoms with E-state index in [0.717, 1.165) is 9.86 Å². The molecule has 1 N–H and O–H groups in total. The van der Waals surface area contributed by atoms with Crippen LogP contribution in [-0.4, -0.2) is 5.11 Å². The molecule has 1 heterocycles. The Hall–Kier alpha value is -1.65. The van der Waals surface area contributed by atoms with Gasteiger partial charge in [0.2, 0.25) is 0 Å². The Balaban J connectivity index is 2.01. The van der Waals surface area contributed by atoms with E-state index in [2.05, 4.69) is 15.9 Å². The number of furan rings is 1. The Bertz CT molecular complexity index is 719. The van der Waals surface area contributed by atoms with Crippen LogP contribution in [0.3, 0.4) is 0 Å². The van der Waals surface area contributed by atoms with Gasteiger partial charge in [-0.3, -0.25) is 0 Å². The normalized spacial score (nSPS) is 12.8. The zero-order valence-electron chi connectivity index (χ0n) is 9.81. The highest BCUT2D eigenvalue weighted by Crippen LogP contribution is 2.29. The molecule has 0 fully saturated rings. The van der Waals surface area contributed by atoms with E-state index in [1.54, 1.807) is 18.2 Å². The van der Waals surface area contributed by atoms with E-state index in [1.807, 2.05) is 18.2 Å². The van der Waals surface area contributed by atoms with Crippen LogP contribution in [0.15, 0.2) is 57.4 Å². The van der Waals surface area contributed by atoms with Crippen molar-refractivity contribution in [1.29, 1.82) is 0 Å². The molecule has 0 spiro atoms. The van der Waals surface area contributed by atoms with Crippen LogP contribution >= 0.6 is 15.9 Å². The minimum atomic E-state index is -0.897. The molecule has 2 nitrogen and oxygen atoms in total. The highest BCUT2D eigenvalue weighted by molar-refractivity contribution is 9.10. The van der Waals surface area contributed by atoms with Crippen molar-refractivity contribution in [2.45, 2.75) is 6.10 Å². The summed E-state index contributed by atoms with van der Waals surface area (Å²) in [5.41, 5.74) is 1.30. The van der Waals surface area contributed by atoms with Crippen LogP contribution in [0.5, 0.6) is 0 Å². The first-order valence-corrected chi connectivity index (χ1v) is 6.55. The molecule has 0 aliphatic heterocycles. The van der Waals surface area contributed by atoms with Gasteiger partial charge in [-0.05, 0) is 42.0 Å². The number of aliphatic hydroxyl groups excluding tert-OH is 1. The lowest BCUT2D eigenvalue weighted by Crippen LogP contribution is -1.97. The molecule has 1 atom stereocenters. The second-order valence-electron chi connectivity index (χ2n) is 4.29. The Morgan fingerprint density at radius 1 is 1.05 bits per heavy atom. The molecule has 0 aliphatic carbocycles. The van der Waals surface area contributed by atoms with Gasteiger partial charge >= 0.3 is 0 Å². The van der Waals surface area contributed by atoms with Crippen molar-refractivity contribution in [3.05, 3.63) is 70.1 Å². The molecule has 3 rings (SSSR count). The van der Waals surface area contributed by atoms with Crippen molar-refractivity contribution in [1.82, 2.24) is 0 Å². The third-order valence-corrected chi connectivity index (χ3v) is 3.45. The molecule has 1 aromatic heterocycles. The van der Waals surface area contributed by atoms with Gasteiger partial charge in [0.15, 0.2) is 0 Å². The molecular formula is C15H10BrFO2. The van der Waals surface area contributed by atoms with E-state index >= 15 is 0 Å². The minimum absolute atomic E-state index is 0.329. The lowest BCUT2D eigenvalue weighted by atomic mass is 10.1. The average Bonchev–Trinajstić information content (AvgIpc) is 2.81. The SMILES string of the molecule is OC(c1ccc(F)cc1)c1cc2cc(Br)ccc2o1. The quantitative estimate of drug-likeness (QED) is 0.758.